The first-order valence-electron chi connectivity index (χ1n) is 8.98. The van der Waals surface area contributed by atoms with Gasteiger partial charge in [0.15, 0.2) is 6.10 Å². The molecule has 0 unspecified atom stereocenters. The Morgan fingerprint density at radius 3 is 2.28 bits per heavy atom. The molecule has 1 N–H and O–H groups in total. The van der Waals surface area contributed by atoms with Crippen LogP contribution in [0.2, 0.25) is 0 Å². The minimum Gasteiger partial charge on any atom is -0.452 e. The van der Waals surface area contributed by atoms with Gasteiger partial charge in [0.1, 0.15) is 6.54 Å². The van der Waals surface area contributed by atoms with Crippen LogP contribution in [0.3, 0.4) is 0 Å². The minimum atomic E-state index is -3.81. The lowest BCUT2D eigenvalue weighted by atomic mass is 10.2. The Labute approximate surface area is 171 Å². The summed E-state index contributed by atoms with van der Waals surface area (Å²) in [5.74, 6) is -1.22. The number of carbonyl (C=O) groups is 2. The van der Waals surface area contributed by atoms with Crippen molar-refractivity contribution < 1.29 is 22.7 Å². The molecule has 0 aromatic heterocycles. The summed E-state index contributed by atoms with van der Waals surface area (Å²) in [6, 6.07) is 18.3. The molecule has 0 saturated heterocycles. The van der Waals surface area contributed by atoms with Gasteiger partial charge in [0.25, 0.3) is 5.91 Å². The number of hydrogen-bond donors (Lipinski definition) is 1. The first kappa shape index (κ1) is 22.3. The minimum absolute atomic E-state index is 0.373. The van der Waals surface area contributed by atoms with E-state index in [9.17, 15) is 18.0 Å². The van der Waals surface area contributed by atoms with E-state index >= 15 is 0 Å². The molecule has 1 amide bonds. The van der Waals surface area contributed by atoms with Gasteiger partial charge in [-0.2, -0.15) is 0 Å². The normalized spacial score (nSPS) is 12.5. The van der Waals surface area contributed by atoms with Crippen molar-refractivity contribution in [3.05, 3.63) is 77.2 Å². The molecule has 0 saturated carbocycles. The molecule has 0 bridgehead atoms. The second-order valence-corrected chi connectivity index (χ2v) is 8.04. The fourth-order valence-corrected chi connectivity index (χ4v) is 3.23. The first-order valence-corrected chi connectivity index (χ1v) is 10.5. The summed E-state index contributed by atoms with van der Waals surface area (Å²) < 4.78 is 31.1. The third-order valence-electron chi connectivity index (χ3n) is 3.95. The molecular weight excluding hydrogens is 392 g/mol. The van der Waals surface area contributed by atoms with Gasteiger partial charge in [-0.05, 0) is 24.1 Å². The van der Waals surface area contributed by atoms with Crippen LogP contribution in [0, 0.1) is 0 Å². The number of amides is 1. The molecule has 0 aliphatic carbocycles. The molecule has 7 nitrogen and oxygen atoms in total. The van der Waals surface area contributed by atoms with Crippen LogP contribution in [0.1, 0.15) is 18.1 Å². The molecule has 154 valence electrons. The zero-order valence-corrected chi connectivity index (χ0v) is 17.1. The van der Waals surface area contributed by atoms with E-state index < -0.39 is 28.6 Å². The molecule has 2 aromatic carbocycles. The summed E-state index contributed by atoms with van der Waals surface area (Å²) in [6.07, 6.45) is 0.388. The Kier molecular flexibility index (Phi) is 8.11. The summed E-state index contributed by atoms with van der Waals surface area (Å²) in [5.41, 5.74) is 1.65. The molecule has 0 heterocycles. The maximum Gasteiger partial charge on any atom is 0.321 e. The van der Waals surface area contributed by atoms with E-state index in [-0.39, 0.29) is 5.91 Å². The SMILES string of the molecule is C[C@H](OC(=O)CNS(=O)(=O)/C=C/c1ccccc1)C(=O)N(C)Cc1ccccc1. The summed E-state index contributed by atoms with van der Waals surface area (Å²) in [5, 5.41) is 0.970. The Morgan fingerprint density at radius 1 is 1.07 bits per heavy atom. The Morgan fingerprint density at radius 2 is 1.66 bits per heavy atom. The van der Waals surface area contributed by atoms with Gasteiger partial charge >= 0.3 is 5.97 Å². The van der Waals surface area contributed by atoms with Crippen LogP contribution < -0.4 is 4.72 Å². The second kappa shape index (κ2) is 10.5. The Balaban J connectivity index is 1.81. The van der Waals surface area contributed by atoms with Crippen LogP contribution in [0.25, 0.3) is 6.08 Å². The molecule has 0 aliphatic rings. The van der Waals surface area contributed by atoms with Crippen molar-refractivity contribution in [2.75, 3.05) is 13.6 Å². The van der Waals surface area contributed by atoms with Gasteiger partial charge in [0.2, 0.25) is 10.0 Å². The van der Waals surface area contributed by atoms with Crippen molar-refractivity contribution in [1.82, 2.24) is 9.62 Å². The van der Waals surface area contributed by atoms with Gasteiger partial charge in [-0.15, -0.1) is 0 Å². The van der Waals surface area contributed by atoms with Gasteiger partial charge in [-0.25, -0.2) is 13.1 Å². The van der Waals surface area contributed by atoms with Crippen molar-refractivity contribution in [3.63, 3.8) is 0 Å². The second-order valence-electron chi connectivity index (χ2n) is 6.39. The number of esters is 1. The van der Waals surface area contributed by atoms with Crippen LogP contribution in [0.5, 0.6) is 0 Å². The number of benzene rings is 2. The predicted octanol–water partition coefficient (Wildman–Crippen LogP) is 2.17. The average molecular weight is 416 g/mol. The lowest BCUT2D eigenvalue weighted by molar-refractivity contribution is -0.157. The monoisotopic (exact) mass is 416 g/mol. The maximum absolute atomic E-state index is 12.3. The van der Waals surface area contributed by atoms with E-state index in [0.717, 1.165) is 11.0 Å². The molecular formula is C21H24N2O5S. The first-order chi connectivity index (χ1) is 13.8. The fourth-order valence-electron chi connectivity index (χ4n) is 2.47. The van der Waals surface area contributed by atoms with Crippen molar-refractivity contribution in [2.24, 2.45) is 0 Å². The highest BCUT2D eigenvalue weighted by Gasteiger charge is 2.22. The smallest absolute Gasteiger partial charge is 0.321 e. The quantitative estimate of drug-likeness (QED) is 0.633. The van der Waals surface area contributed by atoms with E-state index in [0.29, 0.717) is 12.1 Å². The molecule has 0 spiro atoms. The average Bonchev–Trinajstić information content (AvgIpc) is 2.72. The largest absolute Gasteiger partial charge is 0.452 e. The van der Waals surface area contributed by atoms with Crippen LogP contribution in [0.15, 0.2) is 66.1 Å². The number of nitrogens with zero attached hydrogens (tertiary/aromatic N) is 1. The van der Waals surface area contributed by atoms with Gasteiger partial charge < -0.3 is 9.64 Å². The summed E-state index contributed by atoms with van der Waals surface area (Å²) in [6.45, 7) is 1.26. The molecule has 0 fully saturated rings. The maximum atomic E-state index is 12.3. The van der Waals surface area contributed by atoms with E-state index in [1.807, 2.05) is 36.4 Å². The number of ether oxygens (including phenoxy) is 1. The number of sulfonamides is 1. The summed E-state index contributed by atoms with van der Waals surface area (Å²) >= 11 is 0. The van der Waals surface area contributed by atoms with E-state index in [2.05, 4.69) is 4.72 Å². The van der Waals surface area contributed by atoms with Crippen LogP contribution in [-0.2, 0) is 30.9 Å². The van der Waals surface area contributed by atoms with Crippen LogP contribution in [0.4, 0.5) is 0 Å². The van der Waals surface area contributed by atoms with Gasteiger partial charge in [0, 0.05) is 19.0 Å². The lowest BCUT2D eigenvalue weighted by Crippen LogP contribution is -2.39. The topological polar surface area (TPSA) is 92.8 Å². The molecule has 29 heavy (non-hydrogen) atoms. The number of rotatable bonds is 9. The fraction of sp³-hybridized carbons (Fsp3) is 0.238. The van der Waals surface area contributed by atoms with Crippen molar-refractivity contribution in [1.29, 1.82) is 0 Å². The van der Waals surface area contributed by atoms with Crippen molar-refractivity contribution in [3.8, 4) is 0 Å². The van der Waals surface area contributed by atoms with E-state index in [1.54, 1.807) is 31.3 Å². The third-order valence-corrected chi connectivity index (χ3v) is 4.99. The number of likely N-dealkylation sites (N-methyl/N-ethyl adjacent to an activating group) is 1. The van der Waals surface area contributed by atoms with Gasteiger partial charge in [-0.1, -0.05) is 60.7 Å². The van der Waals surface area contributed by atoms with Crippen LogP contribution >= 0.6 is 0 Å². The lowest BCUT2D eigenvalue weighted by Gasteiger charge is -2.21. The molecule has 8 heteroatoms. The highest BCUT2D eigenvalue weighted by Crippen LogP contribution is 2.06. The summed E-state index contributed by atoms with van der Waals surface area (Å²) in [4.78, 5) is 25.7. The zero-order chi connectivity index (χ0) is 21.3. The Hall–Kier alpha value is -2.97. The Bertz CT molecular complexity index is 944. The number of hydrogen-bond acceptors (Lipinski definition) is 5. The molecule has 0 aliphatic heterocycles. The highest BCUT2D eigenvalue weighted by molar-refractivity contribution is 7.92. The van der Waals surface area contributed by atoms with Gasteiger partial charge in [0.05, 0.1) is 0 Å². The standard InChI is InChI=1S/C21H24N2O5S/c1-17(21(25)23(2)16-19-11-7-4-8-12-19)28-20(24)15-22-29(26,27)14-13-18-9-5-3-6-10-18/h3-14,17,22H,15-16H2,1-2H3/b14-13+/t17-/m0/s1. The van der Waals surface area contributed by atoms with E-state index in [1.165, 1.54) is 17.9 Å². The van der Waals surface area contributed by atoms with E-state index in [4.69, 9.17) is 4.74 Å². The number of nitrogens with one attached hydrogen (secondary N) is 1. The molecule has 0 radical (unpaired) electrons. The third kappa shape index (κ3) is 7.89. The zero-order valence-electron chi connectivity index (χ0n) is 16.3. The molecule has 2 aromatic rings. The van der Waals surface area contributed by atoms with Crippen LogP contribution in [-0.4, -0.2) is 44.9 Å². The number of carbonyl (C=O) groups excluding carboxylic acids is 2. The molecule has 2 rings (SSSR count). The predicted molar refractivity (Wildman–Crippen MR) is 111 cm³/mol. The summed E-state index contributed by atoms with van der Waals surface area (Å²) in [7, 11) is -2.21. The van der Waals surface area contributed by atoms with Crippen molar-refractivity contribution in [2.45, 2.75) is 19.6 Å². The van der Waals surface area contributed by atoms with Gasteiger partial charge in [-0.3, -0.25) is 9.59 Å². The van der Waals surface area contributed by atoms with Crippen molar-refractivity contribution >= 4 is 28.0 Å². The highest BCUT2D eigenvalue weighted by atomic mass is 32.2. The molecule has 1 atom stereocenters.